The number of anilines is 2. The number of nitrogens with zero attached hydrogens (tertiary/aromatic N) is 3. The second-order valence-corrected chi connectivity index (χ2v) is 6.78. The Morgan fingerprint density at radius 2 is 2.21 bits per heavy atom. The average Bonchev–Trinajstić information content (AvgIpc) is 2.60. The Morgan fingerprint density at radius 1 is 1.53 bits per heavy atom. The standard InChI is InChI=1S/C9H12BrN5O3S/c10-6-2-13-8(11)9(14-6)15-3-5(1-7(15)16)4-19(12,17)18/h2,5H,1,3-4H2,(H2,11,13)(H2,12,17,18). The lowest BCUT2D eigenvalue weighted by Crippen LogP contribution is -2.29. The summed E-state index contributed by atoms with van der Waals surface area (Å²) in [6.07, 6.45) is 1.52. The lowest BCUT2D eigenvalue weighted by molar-refractivity contribution is -0.117. The average molecular weight is 350 g/mol. The highest BCUT2D eigenvalue weighted by Crippen LogP contribution is 2.28. The fourth-order valence-corrected chi connectivity index (χ4v) is 3.14. The highest BCUT2D eigenvalue weighted by atomic mass is 79.9. The van der Waals surface area contributed by atoms with Crippen LogP contribution in [0.15, 0.2) is 10.8 Å². The third-order valence-corrected chi connectivity index (χ3v) is 4.00. The number of aromatic nitrogens is 2. The molecule has 2 heterocycles. The summed E-state index contributed by atoms with van der Waals surface area (Å²) in [6.45, 7) is 0.213. The van der Waals surface area contributed by atoms with Gasteiger partial charge in [-0.25, -0.2) is 23.5 Å². The number of halogens is 1. The third-order valence-electron chi connectivity index (χ3n) is 2.68. The molecule has 10 heteroatoms. The predicted octanol–water partition coefficient (Wildman–Crippen LogP) is -0.537. The van der Waals surface area contributed by atoms with E-state index in [1.807, 2.05) is 0 Å². The van der Waals surface area contributed by atoms with E-state index in [2.05, 4.69) is 25.9 Å². The minimum Gasteiger partial charge on any atom is -0.381 e. The molecule has 1 unspecified atom stereocenters. The summed E-state index contributed by atoms with van der Waals surface area (Å²) in [5.74, 6) is -0.490. The molecule has 0 bridgehead atoms. The maximum Gasteiger partial charge on any atom is 0.228 e. The minimum absolute atomic E-state index is 0.101. The monoisotopic (exact) mass is 349 g/mol. The first-order chi connectivity index (χ1) is 8.76. The molecule has 4 N–H and O–H groups in total. The first-order valence-corrected chi connectivity index (χ1v) is 7.86. The van der Waals surface area contributed by atoms with E-state index in [9.17, 15) is 13.2 Å². The van der Waals surface area contributed by atoms with Crippen LogP contribution in [0.2, 0.25) is 0 Å². The van der Waals surface area contributed by atoms with Gasteiger partial charge in [-0.15, -0.1) is 0 Å². The van der Waals surface area contributed by atoms with E-state index < -0.39 is 10.0 Å². The SMILES string of the molecule is Nc1ncc(Br)nc1N1CC(CS(N)(=O)=O)CC1=O. The molecule has 1 saturated heterocycles. The van der Waals surface area contributed by atoms with Gasteiger partial charge in [0.25, 0.3) is 0 Å². The fraction of sp³-hybridized carbons (Fsp3) is 0.444. The molecular formula is C9H12BrN5O3S. The topological polar surface area (TPSA) is 132 Å². The van der Waals surface area contributed by atoms with Gasteiger partial charge in [0, 0.05) is 18.9 Å². The van der Waals surface area contributed by atoms with E-state index in [4.69, 9.17) is 10.9 Å². The zero-order chi connectivity index (χ0) is 14.2. The quantitative estimate of drug-likeness (QED) is 0.753. The number of carbonyl (C=O) groups is 1. The van der Waals surface area contributed by atoms with E-state index in [0.717, 1.165) is 0 Å². The van der Waals surface area contributed by atoms with Gasteiger partial charge in [0.2, 0.25) is 15.9 Å². The number of sulfonamides is 1. The van der Waals surface area contributed by atoms with Gasteiger partial charge in [-0.05, 0) is 15.9 Å². The highest BCUT2D eigenvalue weighted by Gasteiger charge is 2.34. The molecule has 1 atom stereocenters. The van der Waals surface area contributed by atoms with Gasteiger partial charge in [0.1, 0.15) is 4.60 Å². The summed E-state index contributed by atoms with van der Waals surface area (Å²) >= 11 is 3.14. The first-order valence-electron chi connectivity index (χ1n) is 5.35. The van der Waals surface area contributed by atoms with Crippen LogP contribution in [0.4, 0.5) is 11.6 Å². The molecule has 0 radical (unpaired) electrons. The van der Waals surface area contributed by atoms with Crippen molar-refractivity contribution in [1.82, 2.24) is 9.97 Å². The van der Waals surface area contributed by atoms with Gasteiger partial charge in [-0.1, -0.05) is 0 Å². The molecular weight excluding hydrogens is 338 g/mol. The Labute approximate surface area is 118 Å². The van der Waals surface area contributed by atoms with Crippen LogP contribution >= 0.6 is 15.9 Å². The lowest BCUT2D eigenvalue weighted by atomic mass is 10.1. The second kappa shape index (κ2) is 5.02. The number of carbonyl (C=O) groups excluding carboxylic acids is 1. The zero-order valence-corrected chi connectivity index (χ0v) is 12.2. The molecule has 0 spiro atoms. The van der Waals surface area contributed by atoms with Crippen molar-refractivity contribution >= 4 is 43.5 Å². The number of amides is 1. The molecule has 1 aliphatic heterocycles. The van der Waals surface area contributed by atoms with Crippen molar-refractivity contribution in [1.29, 1.82) is 0 Å². The highest BCUT2D eigenvalue weighted by molar-refractivity contribution is 9.10. The summed E-state index contributed by atoms with van der Waals surface area (Å²) in [7, 11) is -3.61. The van der Waals surface area contributed by atoms with Gasteiger partial charge in [-0.2, -0.15) is 0 Å². The molecule has 8 nitrogen and oxygen atoms in total. The van der Waals surface area contributed by atoms with Crippen LogP contribution in [0.3, 0.4) is 0 Å². The Bertz CT molecular complexity index is 620. The maximum atomic E-state index is 11.9. The van der Waals surface area contributed by atoms with Gasteiger partial charge in [-0.3, -0.25) is 9.69 Å². The summed E-state index contributed by atoms with van der Waals surface area (Å²) < 4.78 is 22.5. The number of primary sulfonamides is 1. The molecule has 0 aromatic carbocycles. The van der Waals surface area contributed by atoms with Crippen LogP contribution < -0.4 is 15.8 Å². The fourth-order valence-electron chi connectivity index (χ4n) is 1.99. The van der Waals surface area contributed by atoms with Crippen LogP contribution in [0, 0.1) is 5.92 Å². The Balaban J connectivity index is 2.23. The molecule has 104 valence electrons. The molecule has 0 saturated carbocycles. The van der Waals surface area contributed by atoms with Crippen molar-refractivity contribution in [2.45, 2.75) is 6.42 Å². The van der Waals surface area contributed by atoms with Crippen molar-refractivity contribution in [2.24, 2.45) is 11.1 Å². The number of hydrogen-bond acceptors (Lipinski definition) is 6. The maximum absolute atomic E-state index is 11.9. The van der Waals surface area contributed by atoms with E-state index >= 15 is 0 Å². The smallest absolute Gasteiger partial charge is 0.228 e. The Kier molecular flexibility index (Phi) is 3.74. The largest absolute Gasteiger partial charge is 0.381 e. The molecule has 1 aromatic rings. The van der Waals surface area contributed by atoms with Crippen molar-refractivity contribution < 1.29 is 13.2 Å². The number of hydrogen-bond donors (Lipinski definition) is 2. The van der Waals surface area contributed by atoms with E-state index in [1.54, 1.807) is 0 Å². The van der Waals surface area contributed by atoms with E-state index in [-0.39, 0.29) is 42.2 Å². The van der Waals surface area contributed by atoms with Crippen LogP contribution in [-0.2, 0) is 14.8 Å². The molecule has 1 amide bonds. The number of nitrogen functional groups attached to an aromatic ring is 1. The molecule has 1 aromatic heterocycles. The zero-order valence-electron chi connectivity index (χ0n) is 9.78. The molecule has 2 rings (SSSR count). The van der Waals surface area contributed by atoms with Crippen molar-refractivity contribution in [3.05, 3.63) is 10.8 Å². The van der Waals surface area contributed by atoms with Gasteiger partial charge < -0.3 is 5.73 Å². The normalized spacial score (nSPS) is 20.0. The molecule has 19 heavy (non-hydrogen) atoms. The summed E-state index contributed by atoms with van der Waals surface area (Å²) in [5.41, 5.74) is 5.67. The minimum atomic E-state index is -3.61. The van der Waals surface area contributed by atoms with Gasteiger partial charge in [0.05, 0.1) is 11.9 Å². The van der Waals surface area contributed by atoms with Crippen LogP contribution in [0.1, 0.15) is 6.42 Å². The van der Waals surface area contributed by atoms with Crippen molar-refractivity contribution in [3.63, 3.8) is 0 Å². The van der Waals surface area contributed by atoms with E-state index in [1.165, 1.54) is 11.1 Å². The first kappa shape index (κ1) is 14.2. The van der Waals surface area contributed by atoms with E-state index in [0.29, 0.717) is 4.60 Å². The Hall–Kier alpha value is -1.26. The van der Waals surface area contributed by atoms with Crippen LogP contribution in [0.25, 0.3) is 0 Å². The van der Waals surface area contributed by atoms with Gasteiger partial charge >= 0.3 is 0 Å². The summed E-state index contributed by atoms with van der Waals surface area (Å²) in [4.78, 5) is 21.2. The molecule has 1 fully saturated rings. The van der Waals surface area contributed by atoms with Crippen LogP contribution in [0.5, 0.6) is 0 Å². The second-order valence-electron chi connectivity index (χ2n) is 4.31. The number of nitrogens with two attached hydrogens (primary N) is 2. The summed E-state index contributed by atoms with van der Waals surface area (Å²) in [6, 6.07) is 0. The predicted molar refractivity (Wildman–Crippen MR) is 72.6 cm³/mol. The molecule has 1 aliphatic rings. The van der Waals surface area contributed by atoms with Crippen molar-refractivity contribution in [2.75, 3.05) is 22.9 Å². The summed E-state index contributed by atoms with van der Waals surface area (Å²) in [5, 5.41) is 4.98. The van der Waals surface area contributed by atoms with Gasteiger partial charge in [0.15, 0.2) is 11.6 Å². The van der Waals surface area contributed by atoms with Crippen molar-refractivity contribution in [3.8, 4) is 0 Å². The van der Waals surface area contributed by atoms with Crippen LogP contribution in [-0.4, -0.2) is 36.6 Å². The third kappa shape index (κ3) is 3.39. The molecule has 0 aliphatic carbocycles. The Morgan fingerprint density at radius 3 is 2.84 bits per heavy atom. The number of rotatable bonds is 3. The lowest BCUT2D eigenvalue weighted by Gasteiger charge is -2.16.